The molecule has 5 heteroatoms. The summed E-state index contributed by atoms with van der Waals surface area (Å²) in [6.07, 6.45) is 3.41. The van der Waals surface area contributed by atoms with E-state index in [1.165, 1.54) is 0 Å². The molecule has 0 unspecified atom stereocenters. The predicted octanol–water partition coefficient (Wildman–Crippen LogP) is 1.26. The first kappa shape index (κ1) is 13.5. The monoisotopic (exact) mass is 261 g/mol. The van der Waals surface area contributed by atoms with Crippen LogP contribution in [0, 0.1) is 0 Å². The van der Waals surface area contributed by atoms with Gasteiger partial charge in [0, 0.05) is 18.3 Å². The SMILES string of the molecule is CNC(=O)c1cccc(NC(=O)C2(N)CCCC2)c1. The van der Waals surface area contributed by atoms with Crippen LogP contribution in [0.25, 0.3) is 0 Å². The topological polar surface area (TPSA) is 84.2 Å². The zero-order valence-electron chi connectivity index (χ0n) is 11.0. The van der Waals surface area contributed by atoms with Gasteiger partial charge in [0.1, 0.15) is 0 Å². The molecule has 0 saturated heterocycles. The molecule has 19 heavy (non-hydrogen) atoms. The lowest BCUT2D eigenvalue weighted by Crippen LogP contribution is -2.48. The molecule has 0 aliphatic heterocycles. The van der Waals surface area contributed by atoms with Gasteiger partial charge in [0.05, 0.1) is 5.54 Å². The Labute approximate surface area is 112 Å². The molecule has 0 spiro atoms. The molecule has 0 heterocycles. The fourth-order valence-electron chi connectivity index (χ4n) is 2.37. The van der Waals surface area contributed by atoms with Crippen LogP contribution in [0.1, 0.15) is 36.0 Å². The number of carbonyl (C=O) groups excluding carboxylic acids is 2. The first-order chi connectivity index (χ1) is 9.05. The number of hydrogen-bond donors (Lipinski definition) is 3. The molecule has 0 aromatic heterocycles. The fraction of sp³-hybridized carbons (Fsp3) is 0.429. The minimum Gasteiger partial charge on any atom is -0.355 e. The van der Waals surface area contributed by atoms with E-state index >= 15 is 0 Å². The fourth-order valence-corrected chi connectivity index (χ4v) is 2.37. The number of hydrogen-bond acceptors (Lipinski definition) is 3. The van der Waals surface area contributed by atoms with Crippen LogP contribution in [-0.4, -0.2) is 24.4 Å². The van der Waals surface area contributed by atoms with Crippen LogP contribution in [-0.2, 0) is 4.79 Å². The van der Waals surface area contributed by atoms with Gasteiger partial charge in [-0.3, -0.25) is 9.59 Å². The average Bonchev–Trinajstić information content (AvgIpc) is 2.86. The van der Waals surface area contributed by atoms with E-state index in [0.717, 1.165) is 12.8 Å². The van der Waals surface area contributed by atoms with E-state index in [1.807, 2.05) is 0 Å². The van der Waals surface area contributed by atoms with E-state index in [2.05, 4.69) is 10.6 Å². The van der Waals surface area contributed by atoms with E-state index in [-0.39, 0.29) is 11.8 Å². The van der Waals surface area contributed by atoms with Crippen molar-refractivity contribution in [3.05, 3.63) is 29.8 Å². The molecule has 102 valence electrons. The van der Waals surface area contributed by atoms with E-state index in [0.29, 0.717) is 24.1 Å². The van der Waals surface area contributed by atoms with Gasteiger partial charge in [-0.05, 0) is 31.0 Å². The molecule has 1 aliphatic rings. The molecular formula is C14H19N3O2. The summed E-state index contributed by atoms with van der Waals surface area (Å²) in [5.74, 6) is -0.349. The second-order valence-corrected chi connectivity index (χ2v) is 4.98. The van der Waals surface area contributed by atoms with Crippen molar-refractivity contribution in [1.29, 1.82) is 0 Å². The van der Waals surface area contributed by atoms with Crippen LogP contribution in [0.15, 0.2) is 24.3 Å². The van der Waals surface area contributed by atoms with Gasteiger partial charge in [-0.15, -0.1) is 0 Å². The highest BCUT2D eigenvalue weighted by Gasteiger charge is 2.36. The Morgan fingerprint density at radius 2 is 1.95 bits per heavy atom. The van der Waals surface area contributed by atoms with E-state index in [4.69, 9.17) is 5.73 Å². The zero-order chi connectivity index (χ0) is 13.9. The molecule has 1 aromatic rings. The van der Waals surface area contributed by atoms with E-state index in [9.17, 15) is 9.59 Å². The van der Waals surface area contributed by atoms with Crippen molar-refractivity contribution in [1.82, 2.24) is 5.32 Å². The Hall–Kier alpha value is -1.88. The largest absolute Gasteiger partial charge is 0.355 e. The second kappa shape index (κ2) is 5.40. The molecule has 1 aliphatic carbocycles. The maximum absolute atomic E-state index is 12.2. The molecule has 0 bridgehead atoms. The molecule has 2 rings (SSSR count). The molecule has 0 atom stereocenters. The highest BCUT2D eigenvalue weighted by atomic mass is 16.2. The summed E-state index contributed by atoms with van der Waals surface area (Å²) in [6.45, 7) is 0. The highest BCUT2D eigenvalue weighted by molar-refractivity contribution is 6.00. The maximum atomic E-state index is 12.2. The first-order valence-corrected chi connectivity index (χ1v) is 6.48. The molecule has 1 aromatic carbocycles. The third-order valence-electron chi connectivity index (χ3n) is 3.56. The third-order valence-corrected chi connectivity index (χ3v) is 3.56. The van der Waals surface area contributed by atoms with Crippen LogP contribution >= 0.6 is 0 Å². The molecule has 1 saturated carbocycles. The number of benzene rings is 1. The van der Waals surface area contributed by atoms with Gasteiger partial charge in [0.15, 0.2) is 0 Å². The molecule has 2 amide bonds. The standard InChI is InChI=1S/C14H19N3O2/c1-16-12(18)10-5-4-6-11(9-10)17-13(19)14(15)7-2-3-8-14/h4-6,9H,2-3,7-8,15H2,1H3,(H,16,18)(H,17,19). The number of nitrogens with two attached hydrogens (primary N) is 1. The third kappa shape index (κ3) is 2.93. The van der Waals surface area contributed by atoms with Crippen molar-refractivity contribution < 1.29 is 9.59 Å². The van der Waals surface area contributed by atoms with Gasteiger partial charge in [-0.25, -0.2) is 0 Å². The quantitative estimate of drug-likeness (QED) is 0.765. The van der Waals surface area contributed by atoms with Gasteiger partial charge < -0.3 is 16.4 Å². The summed E-state index contributed by atoms with van der Waals surface area (Å²) in [5.41, 5.74) is 6.43. The Balaban J connectivity index is 2.11. The van der Waals surface area contributed by atoms with Crippen molar-refractivity contribution in [2.24, 2.45) is 5.73 Å². The van der Waals surface area contributed by atoms with Crippen LogP contribution < -0.4 is 16.4 Å². The van der Waals surface area contributed by atoms with Crippen LogP contribution in [0.4, 0.5) is 5.69 Å². The minimum atomic E-state index is -0.761. The maximum Gasteiger partial charge on any atom is 0.251 e. The summed E-state index contributed by atoms with van der Waals surface area (Å²) in [4.78, 5) is 23.7. The normalized spacial score (nSPS) is 16.9. The average molecular weight is 261 g/mol. The molecule has 5 nitrogen and oxygen atoms in total. The van der Waals surface area contributed by atoms with Crippen LogP contribution in [0.5, 0.6) is 0 Å². The molecule has 1 fully saturated rings. The Bertz CT molecular complexity index is 493. The van der Waals surface area contributed by atoms with Crippen molar-refractivity contribution in [3.63, 3.8) is 0 Å². The predicted molar refractivity (Wildman–Crippen MR) is 73.8 cm³/mol. The summed E-state index contributed by atoms with van der Waals surface area (Å²) >= 11 is 0. The zero-order valence-corrected chi connectivity index (χ0v) is 11.0. The van der Waals surface area contributed by atoms with Crippen molar-refractivity contribution in [2.45, 2.75) is 31.2 Å². The number of amides is 2. The smallest absolute Gasteiger partial charge is 0.251 e. The van der Waals surface area contributed by atoms with Crippen LogP contribution in [0.3, 0.4) is 0 Å². The minimum absolute atomic E-state index is 0.168. The van der Waals surface area contributed by atoms with Crippen molar-refractivity contribution >= 4 is 17.5 Å². The lowest BCUT2D eigenvalue weighted by atomic mass is 9.98. The Morgan fingerprint density at radius 3 is 2.58 bits per heavy atom. The molecular weight excluding hydrogens is 242 g/mol. The summed E-state index contributed by atoms with van der Waals surface area (Å²) in [7, 11) is 1.57. The van der Waals surface area contributed by atoms with E-state index in [1.54, 1.807) is 31.3 Å². The summed E-state index contributed by atoms with van der Waals surface area (Å²) < 4.78 is 0. The summed E-state index contributed by atoms with van der Waals surface area (Å²) in [5, 5.41) is 5.35. The Morgan fingerprint density at radius 1 is 1.26 bits per heavy atom. The molecule has 0 radical (unpaired) electrons. The van der Waals surface area contributed by atoms with Gasteiger partial charge in [0.2, 0.25) is 5.91 Å². The Kier molecular flexibility index (Phi) is 3.85. The number of nitrogens with one attached hydrogen (secondary N) is 2. The van der Waals surface area contributed by atoms with Gasteiger partial charge in [-0.1, -0.05) is 18.9 Å². The highest BCUT2D eigenvalue weighted by Crippen LogP contribution is 2.28. The second-order valence-electron chi connectivity index (χ2n) is 4.98. The van der Waals surface area contributed by atoms with E-state index < -0.39 is 5.54 Å². The lowest BCUT2D eigenvalue weighted by molar-refractivity contribution is -0.121. The first-order valence-electron chi connectivity index (χ1n) is 6.48. The number of rotatable bonds is 3. The summed E-state index contributed by atoms with van der Waals surface area (Å²) in [6, 6.07) is 6.83. The lowest BCUT2D eigenvalue weighted by Gasteiger charge is -2.22. The number of carbonyl (C=O) groups is 2. The van der Waals surface area contributed by atoms with Crippen molar-refractivity contribution in [2.75, 3.05) is 12.4 Å². The van der Waals surface area contributed by atoms with Gasteiger partial charge in [0.25, 0.3) is 5.91 Å². The van der Waals surface area contributed by atoms with Gasteiger partial charge >= 0.3 is 0 Å². The molecule has 4 N–H and O–H groups in total. The van der Waals surface area contributed by atoms with Gasteiger partial charge in [-0.2, -0.15) is 0 Å². The van der Waals surface area contributed by atoms with Crippen molar-refractivity contribution in [3.8, 4) is 0 Å². The number of anilines is 1. The van der Waals surface area contributed by atoms with Crippen LogP contribution in [0.2, 0.25) is 0 Å².